The van der Waals surface area contributed by atoms with Gasteiger partial charge in [-0.1, -0.05) is 32.1 Å². The second kappa shape index (κ2) is 6.72. The highest BCUT2D eigenvalue weighted by molar-refractivity contribution is 8.01. The fourth-order valence-electron chi connectivity index (χ4n) is 1.25. The lowest BCUT2D eigenvalue weighted by Crippen LogP contribution is -2.16. The van der Waals surface area contributed by atoms with E-state index in [2.05, 4.69) is 36.8 Å². The maximum Gasteiger partial charge on any atom is 0.230 e. The molecule has 0 spiro atoms. The zero-order valence-corrected chi connectivity index (χ0v) is 10.3. The van der Waals surface area contributed by atoms with Gasteiger partial charge in [0.1, 0.15) is 0 Å². The van der Waals surface area contributed by atoms with E-state index < -0.39 is 0 Å². The first-order chi connectivity index (χ1) is 7.18. The lowest BCUT2D eigenvalue weighted by Gasteiger charge is -2.08. The Kier molecular flexibility index (Phi) is 5.54. The molecule has 0 saturated carbocycles. The van der Waals surface area contributed by atoms with Crippen LogP contribution in [0.15, 0.2) is 23.1 Å². The first-order valence-corrected chi connectivity index (χ1v) is 6.32. The zero-order valence-electron chi connectivity index (χ0n) is 9.45. The maximum atomic E-state index is 11.4. The van der Waals surface area contributed by atoms with Crippen molar-refractivity contribution in [1.82, 2.24) is 4.72 Å². The Balaban J connectivity index is 2.16. The molecular formula is C12H19NOS. The summed E-state index contributed by atoms with van der Waals surface area (Å²) < 4.78 is 2.87. The Morgan fingerprint density at radius 3 is 2.93 bits per heavy atom. The van der Waals surface area contributed by atoms with Gasteiger partial charge < -0.3 is 0 Å². The third kappa shape index (κ3) is 5.67. The smallest absolute Gasteiger partial charge is 0.230 e. The summed E-state index contributed by atoms with van der Waals surface area (Å²) in [6.07, 6.45) is 10.2. The fourth-order valence-corrected chi connectivity index (χ4v) is 1.95. The molecule has 84 valence electrons. The summed E-state index contributed by atoms with van der Waals surface area (Å²) in [5, 5.41) is 0. The van der Waals surface area contributed by atoms with Crippen LogP contribution in [-0.4, -0.2) is 5.91 Å². The van der Waals surface area contributed by atoms with Gasteiger partial charge in [0.2, 0.25) is 5.91 Å². The van der Waals surface area contributed by atoms with Crippen LogP contribution in [0.5, 0.6) is 0 Å². The van der Waals surface area contributed by atoms with E-state index >= 15 is 0 Å². The molecule has 0 aromatic carbocycles. The van der Waals surface area contributed by atoms with Crippen molar-refractivity contribution in [3.05, 3.63) is 23.1 Å². The third-order valence-electron chi connectivity index (χ3n) is 2.19. The van der Waals surface area contributed by atoms with Crippen LogP contribution >= 0.6 is 11.9 Å². The lowest BCUT2D eigenvalue weighted by molar-refractivity contribution is -0.119. The monoisotopic (exact) mass is 225 g/mol. The average Bonchev–Trinajstić information content (AvgIpc) is 2.25. The van der Waals surface area contributed by atoms with E-state index in [4.69, 9.17) is 0 Å². The largest absolute Gasteiger partial charge is 0.296 e. The number of carbonyl (C=O) groups is 1. The summed E-state index contributed by atoms with van der Waals surface area (Å²) in [6, 6.07) is 0. The molecule has 0 heterocycles. The molecule has 0 aromatic rings. The van der Waals surface area contributed by atoms with Gasteiger partial charge in [-0.25, -0.2) is 0 Å². The minimum Gasteiger partial charge on any atom is -0.296 e. The van der Waals surface area contributed by atoms with Gasteiger partial charge in [0.05, 0.1) is 0 Å². The third-order valence-corrected chi connectivity index (χ3v) is 3.06. The number of hydrogen-bond acceptors (Lipinski definition) is 2. The van der Waals surface area contributed by atoms with Crippen LogP contribution in [0.2, 0.25) is 0 Å². The second-order valence-corrected chi connectivity index (χ2v) is 5.03. The van der Waals surface area contributed by atoms with E-state index in [0.717, 1.165) is 24.2 Å². The highest BCUT2D eigenvalue weighted by atomic mass is 32.2. The molecule has 1 rings (SSSR count). The van der Waals surface area contributed by atoms with Crippen molar-refractivity contribution in [3.63, 3.8) is 0 Å². The van der Waals surface area contributed by atoms with Crippen LogP contribution in [0, 0.1) is 5.92 Å². The normalized spacial score (nSPS) is 15.3. The van der Waals surface area contributed by atoms with E-state index in [1.54, 1.807) is 0 Å². The van der Waals surface area contributed by atoms with Crippen LogP contribution in [0.4, 0.5) is 0 Å². The van der Waals surface area contributed by atoms with Gasteiger partial charge >= 0.3 is 0 Å². The Morgan fingerprint density at radius 2 is 2.33 bits per heavy atom. The quantitative estimate of drug-likeness (QED) is 0.726. The highest BCUT2D eigenvalue weighted by Crippen LogP contribution is 2.19. The lowest BCUT2D eigenvalue weighted by atomic mass is 10.1. The molecule has 1 aliphatic carbocycles. The Morgan fingerprint density at radius 1 is 1.53 bits per heavy atom. The fraction of sp³-hybridized carbons (Fsp3) is 0.583. The molecule has 1 N–H and O–H groups in total. The molecule has 0 saturated heterocycles. The molecule has 2 nitrogen and oxygen atoms in total. The van der Waals surface area contributed by atoms with Gasteiger partial charge in [-0.15, -0.1) is 0 Å². The molecule has 0 atom stereocenters. The molecule has 1 aliphatic rings. The second-order valence-electron chi connectivity index (χ2n) is 4.15. The minimum absolute atomic E-state index is 0.133. The van der Waals surface area contributed by atoms with Crippen molar-refractivity contribution in [3.8, 4) is 0 Å². The van der Waals surface area contributed by atoms with Crippen LogP contribution in [0.1, 0.15) is 39.5 Å². The topological polar surface area (TPSA) is 29.1 Å². The van der Waals surface area contributed by atoms with Crippen molar-refractivity contribution in [2.45, 2.75) is 39.5 Å². The van der Waals surface area contributed by atoms with Crippen LogP contribution < -0.4 is 4.72 Å². The number of carbonyl (C=O) groups excluding carboxylic acids is 1. The number of rotatable bonds is 5. The highest BCUT2D eigenvalue weighted by Gasteiger charge is 2.04. The van der Waals surface area contributed by atoms with Gasteiger partial charge in [0, 0.05) is 11.3 Å². The molecule has 15 heavy (non-hydrogen) atoms. The number of hydrogen-bond donors (Lipinski definition) is 1. The van der Waals surface area contributed by atoms with E-state index in [1.807, 2.05) is 0 Å². The summed E-state index contributed by atoms with van der Waals surface area (Å²) in [7, 11) is 0. The molecule has 0 radical (unpaired) electrons. The SMILES string of the molecule is CC(C)CCC(=O)NSC1=CCCC=C1. The Labute approximate surface area is 96.3 Å². The Bertz CT molecular complexity index is 269. The minimum atomic E-state index is 0.133. The van der Waals surface area contributed by atoms with Crippen LogP contribution in [0.3, 0.4) is 0 Å². The number of nitrogens with one attached hydrogen (secondary N) is 1. The van der Waals surface area contributed by atoms with Crippen LogP contribution in [-0.2, 0) is 4.79 Å². The molecule has 1 amide bonds. The van der Waals surface area contributed by atoms with E-state index in [1.165, 1.54) is 11.9 Å². The average molecular weight is 225 g/mol. The first kappa shape index (κ1) is 12.4. The Hall–Kier alpha value is -0.700. The van der Waals surface area contributed by atoms with E-state index in [9.17, 15) is 4.79 Å². The molecule has 0 bridgehead atoms. The molecule has 0 aromatic heterocycles. The first-order valence-electron chi connectivity index (χ1n) is 5.51. The van der Waals surface area contributed by atoms with Crippen molar-refractivity contribution in [2.24, 2.45) is 5.92 Å². The van der Waals surface area contributed by atoms with Crippen LogP contribution in [0.25, 0.3) is 0 Å². The van der Waals surface area contributed by atoms with Crippen molar-refractivity contribution in [2.75, 3.05) is 0 Å². The summed E-state index contributed by atoms with van der Waals surface area (Å²) in [5.41, 5.74) is 0. The number of amides is 1. The standard InChI is InChI=1S/C12H19NOS/c1-10(2)8-9-12(14)13-15-11-6-4-3-5-7-11/h4,6-7,10H,3,5,8-9H2,1-2H3,(H,13,14). The van der Waals surface area contributed by atoms with Gasteiger partial charge in [0.25, 0.3) is 0 Å². The predicted octanol–water partition coefficient (Wildman–Crippen LogP) is 3.42. The summed E-state index contributed by atoms with van der Waals surface area (Å²) in [4.78, 5) is 12.6. The van der Waals surface area contributed by atoms with E-state index in [0.29, 0.717) is 12.3 Å². The molecule has 0 fully saturated rings. The maximum absolute atomic E-state index is 11.4. The van der Waals surface area contributed by atoms with Crippen molar-refractivity contribution < 1.29 is 4.79 Å². The molecule has 0 aliphatic heterocycles. The zero-order chi connectivity index (χ0) is 11.1. The van der Waals surface area contributed by atoms with Gasteiger partial charge in [-0.3, -0.25) is 9.52 Å². The van der Waals surface area contributed by atoms with Gasteiger partial charge in [0.15, 0.2) is 0 Å². The summed E-state index contributed by atoms with van der Waals surface area (Å²) in [6.45, 7) is 4.26. The van der Waals surface area contributed by atoms with Gasteiger partial charge in [-0.2, -0.15) is 0 Å². The summed E-state index contributed by atoms with van der Waals surface area (Å²) >= 11 is 1.43. The van der Waals surface area contributed by atoms with Crippen molar-refractivity contribution in [1.29, 1.82) is 0 Å². The van der Waals surface area contributed by atoms with Crippen molar-refractivity contribution >= 4 is 17.9 Å². The predicted molar refractivity (Wildman–Crippen MR) is 66.3 cm³/mol. The number of allylic oxidation sites excluding steroid dienone is 3. The molecule has 0 unspecified atom stereocenters. The molecular weight excluding hydrogens is 206 g/mol. The van der Waals surface area contributed by atoms with E-state index in [-0.39, 0.29) is 5.91 Å². The van der Waals surface area contributed by atoms with Gasteiger partial charge in [-0.05, 0) is 37.1 Å². The molecule has 3 heteroatoms. The summed E-state index contributed by atoms with van der Waals surface area (Å²) in [5.74, 6) is 0.725.